The SMILES string of the molecule is Cc1nc(CSc2ccc(N)cc2Cl)sc1C. The third-order valence-corrected chi connectivity index (χ3v) is 5.15. The second-order valence-electron chi connectivity index (χ2n) is 3.73. The summed E-state index contributed by atoms with van der Waals surface area (Å²) < 4.78 is 0. The number of hydrogen-bond acceptors (Lipinski definition) is 4. The highest BCUT2D eigenvalue weighted by atomic mass is 35.5. The summed E-state index contributed by atoms with van der Waals surface area (Å²) in [7, 11) is 0. The number of aromatic nitrogens is 1. The minimum Gasteiger partial charge on any atom is -0.399 e. The fourth-order valence-corrected chi connectivity index (χ4v) is 3.57. The number of nitrogens with zero attached hydrogens (tertiary/aromatic N) is 1. The lowest BCUT2D eigenvalue weighted by Crippen LogP contribution is -1.85. The van der Waals surface area contributed by atoms with E-state index in [4.69, 9.17) is 17.3 Å². The van der Waals surface area contributed by atoms with Gasteiger partial charge in [-0.2, -0.15) is 0 Å². The predicted molar refractivity (Wildman–Crippen MR) is 77.0 cm³/mol. The molecule has 2 nitrogen and oxygen atoms in total. The molecular weight excluding hydrogens is 272 g/mol. The van der Waals surface area contributed by atoms with E-state index in [1.54, 1.807) is 29.2 Å². The quantitative estimate of drug-likeness (QED) is 0.675. The average Bonchev–Trinajstić information content (AvgIpc) is 2.57. The van der Waals surface area contributed by atoms with Crippen molar-refractivity contribution in [1.29, 1.82) is 0 Å². The predicted octanol–water partition coefficient (Wildman–Crippen LogP) is 4.29. The molecule has 0 aliphatic carbocycles. The van der Waals surface area contributed by atoms with Crippen molar-refractivity contribution in [2.24, 2.45) is 0 Å². The van der Waals surface area contributed by atoms with Crippen LogP contribution in [-0.4, -0.2) is 4.98 Å². The van der Waals surface area contributed by atoms with E-state index < -0.39 is 0 Å². The van der Waals surface area contributed by atoms with Crippen LogP contribution >= 0.6 is 34.7 Å². The Labute approximate surface area is 114 Å². The number of anilines is 1. The lowest BCUT2D eigenvalue weighted by Gasteiger charge is -2.03. The number of aryl methyl sites for hydroxylation is 2. The molecule has 90 valence electrons. The number of rotatable bonds is 3. The highest BCUT2D eigenvalue weighted by Gasteiger charge is 2.06. The Morgan fingerprint density at radius 3 is 2.76 bits per heavy atom. The van der Waals surface area contributed by atoms with E-state index in [-0.39, 0.29) is 0 Å². The van der Waals surface area contributed by atoms with Crippen molar-refractivity contribution in [2.45, 2.75) is 24.5 Å². The van der Waals surface area contributed by atoms with Gasteiger partial charge in [0.05, 0.1) is 16.5 Å². The van der Waals surface area contributed by atoms with Crippen LogP contribution < -0.4 is 5.73 Å². The minimum absolute atomic E-state index is 0.695. The molecule has 0 saturated heterocycles. The normalized spacial score (nSPS) is 10.8. The van der Waals surface area contributed by atoms with Crippen LogP contribution in [0.4, 0.5) is 5.69 Å². The van der Waals surface area contributed by atoms with Crippen molar-refractivity contribution in [1.82, 2.24) is 4.98 Å². The van der Waals surface area contributed by atoms with Crippen molar-refractivity contribution in [3.63, 3.8) is 0 Å². The molecule has 0 aliphatic heterocycles. The Balaban J connectivity index is 2.07. The summed E-state index contributed by atoms with van der Waals surface area (Å²) in [5, 5.41) is 1.85. The minimum atomic E-state index is 0.695. The maximum absolute atomic E-state index is 6.11. The van der Waals surface area contributed by atoms with Crippen LogP contribution in [0, 0.1) is 13.8 Å². The number of nitrogen functional groups attached to an aromatic ring is 1. The third-order valence-electron chi connectivity index (χ3n) is 2.38. The fraction of sp³-hybridized carbons (Fsp3) is 0.250. The molecule has 0 unspecified atom stereocenters. The zero-order valence-corrected chi connectivity index (χ0v) is 12.0. The largest absolute Gasteiger partial charge is 0.399 e. The van der Waals surface area contributed by atoms with E-state index in [0.29, 0.717) is 10.7 Å². The van der Waals surface area contributed by atoms with Gasteiger partial charge in [0.1, 0.15) is 5.01 Å². The van der Waals surface area contributed by atoms with Crippen LogP contribution in [0.5, 0.6) is 0 Å². The molecule has 2 N–H and O–H groups in total. The van der Waals surface area contributed by atoms with Crippen LogP contribution in [0.1, 0.15) is 15.6 Å². The van der Waals surface area contributed by atoms with Crippen molar-refractivity contribution in [3.8, 4) is 0 Å². The molecule has 0 saturated carbocycles. The molecule has 0 radical (unpaired) electrons. The van der Waals surface area contributed by atoms with Crippen molar-refractivity contribution in [2.75, 3.05) is 5.73 Å². The number of benzene rings is 1. The van der Waals surface area contributed by atoms with Gasteiger partial charge in [-0.15, -0.1) is 23.1 Å². The summed E-state index contributed by atoms with van der Waals surface area (Å²) in [6.07, 6.45) is 0. The first-order chi connectivity index (χ1) is 8.06. The van der Waals surface area contributed by atoms with E-state index in [1.807, 2.05) is 19.1 Å². The smallest absolute Gasteiger partial charge is 0.103 e. The first-order valence-corrected chi connectivity index (χ1v) is 7.35. The van der Waals surface area contributed by atoms with Gasteiger partial charge < -0.3 is 5.73 Å². The average molecular weight is 285 g/mol. The van der Waals surface area contributed by atoms with Gasteiger partial charge in [0.15, 0.2) is 0 Å². The lowest BCUT2D eigenvalue weighted by atomic mass is 10.3. The molecule has 0 amide bonds. The molecule has 1 heterocycles. The van der Waals surface area contributed by atoms with E-state index in [2.05, 4.69) is 11.9 Å². The maximum Gasteiger partial charge on any atom is 0.103 e. The summed E-state index contributed by atoms with van der Waals surface area (Å²) in [6, 6.07) is 5.60. The summed E-state index contributed by atoms with van der Waals surface area (Å²) in [5.41, 5.74) is 7.47. The van der Waals surface area contributed by atoms with Crippen LogP contribution in [0.25, 0.3) is 0 Å². The summed E-state index contributed by atoms with van der Waals surface area (Å²) >= 11 is 9.55. The monoisotopic (exact) mass is 284 g/mol. The summed E-state index contributed by atoms with van der Waals surface area (Å²) in [6.45, 7) is 4.13. The second-order valence-corrected chi connectivity index (χ2v) is 6.44. The first kappa shape index (κ1) is 12.7. The highest BCUT2D eigenvalue weighted by molar-refractivity contribution is 7.98. The van der Waals surface area contributed by atoms with Gasteiger partial charge in [0, 0.05) is 15.5 Å². The van der Waals surface area contributed by atoms with E-state index in [9.17, 15) is 0 Å². The molecule has 0 atom stereocenters. The van der Waals surface area contributed by atoms with Gasteiger partial charge in [0.2, 0.25) is 0 Å². The standard InChI is InChI=1S/C12H13ClN2S2/c1-7-8(2)17-12(15-7)6-16-11-4-3-9(14)5-10(11)13/h3-5H,6,14H2,1-2H3. The van der Waals surface area contributed by atoms with Gasteiger partial charge >= 0.3 is 0 Å². The molecule has 2 rings (SSSR count). The molecule has 0 fully saturated rings. The number of halogens is 1. The highest BCUT2D eigenvalue weighted by Crippen LogP contribution is 2.32. The number of thioether (sulfide) groups is 1. The third kappa shape index (κ3) is 3.15. The number of thiazole rings is 1. The second kappa shape index (κ2) is 5.29. The van der Waals surface area contributed by atoms with Gasteiger partial charge in [-0.05, 0) is 32.0 Å². The molecule has 1 aromatic carbocycles. The van der Waals surface area contributed by atoms with Gasteiger partial charge in [0.25, 0.3) is 0 Å². The molecule has 0 spiro atoms. The Morgan fingerprint density at radius 2 is 2.18 bits per heavy atom. The van der Waals surface area contributed by atoms with Gasteiger partial charge in [-0.3, -0.25) is 0 Å². The topological polar surface area (TPSA) is 38.9 Å². The van der Waals surface area contributed by atoms with E-state index in [1.165, 1.54) is 4.88 Å². The molecule has 5 heteroatoms. The zero-order chi connectivity index (χ0) is 12.4. The van der Waals surface area contributed by atoms with Gasteiger partial charge in [-0.25, -0.2) is 4.98 Å². The molecule has 17 heavy (non-hydrogen) atoms. The molecule has 2 aromatic rings. The van der Waals surface area contributed by atoms with Crippen molar-refractivity contribution >= 4 is 40.4 Å². The Kier molecular flexibility index (Phi) is 3.97. The van der Waals surface area contributed by atoms with Crippen LogP contribution in [0.2, 0.25) is 5.02 Å². The molecule has 1 aromatic heterocycles. The number of hydrogen-bond donors (Lipinski definition) is 1. The molecule has 0 aliphatic rings. The van der Waals surface area contributed by atoms with Gasteiger partial charge in [-0.1, -0.05) is 11.6 Å². The maximum atomic E-state index is 6.11. The van der Waals surface area contributed by atoms with Crippen LogP contribution in [0.3, 0.4) is 0 Å². The Hall–Kier alpha value is -0.710. The summed E-state index contributed by atoms with van der Waals surface area (Å²) in [4.78, 5) is 6.83. The van der Waals surface area contributed by atoms with Crippen LogP contribution in [-0.2, 0) is 5.75 Å². The van der Waals surface area contributed by atoms with E-state index in [0.717, 1.165) is 21.3 Å². The lowest BCUT2D eigenvalue weighted by molar-refractivity contribution is 1.16. The number of nitrogens with two attached hydrogens (primary N) is 1. The Morgan fingerprint density at radius 1 is 1.41 bits per heavy atom. The molecular formula is C12H13ClN2S2. The molecule has 0 bridgehead atoms. The van der Waals surface area contributed by atoms with Crippen molar-refractivity contribution < 1.29 is 0 Å². The zero-order valence-electron chi connectivity index (χ0n) is 9.66. The first-order valence-electron chi connectivity index (χ1n) is 5.17. The summed E-state index contributed by atoms with van der Waals surface area (Å²) in [5.74, 6) is 0.850. The van der Waals surface area contributed by atoms with Crippen LogP contribution in [0.15, 0.2) is 23.1 Å². The fourth-order valence-electron chi connectivity index (χ4n) is 1.37. The van der Waals surface area contributed by atoms with Crippen molar-refractivity contribution in [3.05, 3.63) is 38.8 Å². The Bertz CT molecular complexity index is 518. The van der Waals surface area contributed by atoms with E-state index >= 15 is 0 Å².